The molecule has 0 aromatic heterocycles. The first-order valence-corrected chi connectivity index (χ1v) is 11.3. The Kier molecular flexibility index (Phi) is 5.86. The van der Waals surface area contributed by atoms with Gasteiger partial charge in [0.25, 0.3) is 5.69 Å². The Bertz CT molecular complexity index is 1350. The Hall–Kier alpha value is -4.33. The first kappa shape index (κ1) is 22.5. The molecule has 1 heterocycles. The van der Waals surface area contributed by atoms with Gasteiger partial charge in [0.15, 0.2) is 17.3 Å². The normalized spacial score (nSPS) is 19.0. The Morgan fingerprint density at radius 3 is 2.40 bits per heavy atom. The highest BCUT2D eigenvalue weighted by Crippen LogP contribution is 2.45. The average molecular weight is 472 g/mol. The fraction of sp³-hybridized carbons (Fsp3) is 0.222. The zero-order chi connectivity index (χ0) is 24.5. The maximum atomic E-state index is 13.7. The third-order valence-electron chi connectivity index (χ3n) is 6.60. The molecule has 5 rings (SSSR count). The predicted molar refractivity (Wildman–Crippen MR) is 133 cm³/mol. The van der Waals surface area contributed by atoms with Crippen LogP contribution < -0.4 is 20.1 Å². The van der Waals surface area contributed by atoms with E-state index in [1.54, 1.807) is 20.3 Å². The second-order valence-electron chi connectivity index (χ2n) is 8.64. The molecule has 8 heteroatoms. The summed E-state index contributed by atoms with van der Waals surface area (Å²) < 4.78 is 10.8. The van der Waals surface area contributed by atoms with Crippen LogP contribution in [0.25, 0.3) is 0 Å². The molecule has 1 aliphatic carbocycles. The van der Waals surface area contributed by atoms with Crippen LogP contribution in [0.1, 0.15) is 35.9 Å². The van der Waals surface area contributed by atoms with Gasteiger partial charge >= 0.3 is 0 Å². The van der Waals surface area contributed by atoms with Crippen LogP contribution in [-0.4, -0.2) is 24.9 Å². The standard InChI is InChI=1S/C27H25N3O5/c1-34-24-11-10-16(15-25(24)35-2)18-13-22-26(23(31)14-18)27(17-6-5-7-19(12-17)30(32)33)29-21-9-4-3-8-20(21)28-22/h3-12,15,18,27-29H,13-14H2,1-2H3/t18-,27-/m1/s1. The second kappa shape index (κ2) is 9.13. The number of para-hydroxylation sites is 2. The van der Waals surface area contributed by atoms with Gasteiger partial charge in [-0.3, -0.25) is 14.9 Å². The first-order valence-electron chi connectivity index (χ1n) is 11.3. The summed E-state index contributed by atoms with van der Waals surface area (Å²) in [5.41, 5.74) is 4.75. The lowest BCUT2D eigenvalue weighted by molar-refractivity contribution is -0.384. The Labute approximate surface area is 202 Å². The summed E-state index contributed by atoms with van der Waals surface area (Å²) in [4.78, 5) is 24.7. The molecule has 0 amide bonds. The van der Waals surface area contributed by atoms with E-state index in [-0.39, 0.29) is 17.4 Å². The molecule has 0 fully saturated rings. The van der Waals surface area contributed by atoms with Gasteiger partial charge in [-0.05, 0) is 47.7 Å². The first-order chi connectivity index (χ1) is 17.0. The number of hydrogen-bond donors (Lipinski definition) is 2. The molecule has 0 saturated heterocycles. The number of allylic oxidation sites excluding steroid dienone is 1. The number of Topliss-reactive ketones (excluding diaryl/α,β-unsaturated/α-hetero) is 1. The van der Waals surface area contributed by atoms with Crippen molar-refractivity contribution in [2.45, 2.75) is 24.8 Å². The van der Waals surface area contributed by atoms with E-state index in [0.717, 1.165) is 22.6 Å². The number of nitrogens with one attached hydrogen (secondary N) is 2. The summed E-state index contributed by atoms with van der Waals surface area (Å²) in [7, 11) is 3.18. The monoisotopic (exact) mass is 471 g/mol. The summed E-state index contributed by atoms with van der Waals surface area (Å²) in [6.45, 7) is 0. The van der Waals surface area contributed by atoms with Gasteiger partial charge in [0, 0.05) is 29.8 Å². The van der Waals surface area contributed by atoms with Crippen LogP contribution in [0.15, 0.2) is 78.0 Å². The number of benzene rings is 3. The van der Waals surface area contributed by atoms with Crippen molar-refractivity contribution in [3.05, 3.63) is 99.2 Å². The molecule has 0 unspecified atom stereocenters. The van der Waals surface area contributed by atoms with Gasteiger partial charge < -0.3 is 20.1 Å². The van der Waals surface area contributed by atoms with Crippen molar-refractivity contribution in [1.82, 2.24) is 0 Å². The quantitative estimate of drug-likeness (QED) is 0.369. The van der Waals surface area contributed by atoms with Gasteiger partial charge in [-0.2, -0.15) is 0 Å². The Morgan fingerprint density at radius 1 is 0.886 bits per heavy atom. The number of nitro groups is 1. The van der Waals surface area contributed by atoms with E-state index in [1.807, 2.05) is 48.5 Å². The Morgan fingerprint density at radius 2 is 1.66 bits per heavy atom. The molecule has 0 bridgehead atoms. The minimum absolute atomic E-state index is 0.00431. The molecular weight excluding hydrogens is 446 g/mol. The maximum Gasteiger partial charge on any atom is 0.269 e. The average Bonchev–Trinajstić information content (AvgIpc) is 3.05. The summed E-state index contributed by atoms with van der Waals surface area (Å²) in [6, 6.07) is 19.4. The van der Waals surface area contributed by atoms with E-state index in [1.165, 1.54) is 12.1 Å². The van der Waals surface area contributed by atoms with Gasteiger partial charge in [-0.1, -0.05) is 30.3 Å². The number of nitro benzene ring substituents is 1. The van der Waals surface area contributed by atoms with Crippen molar-refractivity contribution >= 4 is 22.8 Å². The van der Waals surface area contributed by atoms with E-state index in [0.29, 0.717) is 35.5 Å². The fourth-order valence-electron chi connectivity index (χ4n) is 4.90. The number of fused-ring (bicyclic) bond motifs is 1. The molecule has 3 aromatic carbocycles. The van der Waals surface area contributed by atoms with Crippen molar-refractivity contribution in [3.63, 3.8) is 0 Å². The number of ether oxygens (including phenoxy) is 2. The molecule has 2 N–H and O–H groups in total. The maximum absolute atomic E-state index is 13.7. The van der Waals surface area contributed by atoms with E-state index in [2.05, 4.69) is 10.6 Å². The highest BCUT2D eigenvalue weighted by atomic mass is 16.6. The van der Waals surface area contributed by atoms with Crippen molar-refractivity contribution in [2.24, 2.45) is 0 Å². The van der Waals surface area contributed by atoms with Crippen LogP contribution in [0.5, 0.6) is 11.5 Å². The number of carbonyl (C=O) groups is 1. The van der Waals surface area contributed by atoms with Crippen LogP contribution in [0, 0.1) is 10.1 Å². The number of anilines is 2. The molecule has 178 valence electrons. The minimum atomic E-state index is -0.514. The number of nitrogens with zero attached hydrogens (tertiary/aromatic N) is 1. The third-order valence-corrected chi connectivity index (χ3v) is 6.60. The number of rotatable bonds is 5. The summed E-state index contributed by atoms with van der Waals surface area (Å²) in [6.07, 6.45) is 0.928. The smallest absolute Gasteiger partial charge is 0.269 e. The van der Waals surface area contributed by atoms with E-state index >= 15 is 0 Å². The topological polar surface area (TPSA) is 103 Å². The molecule has 2 atom stereocenters. The zero-order valence-corrected chi connectivity index (χ0v) is 19.4. The summed E-state index contributed by atoms with van der Waals surface area (Å²) in [5, 5.41) is 18.4. The van der Waals surface area contributed by atoms with Crippen LogP contribution in [0.3, 0.4) is 0 Å². The largest absolute Gasteiger partial charge is 0.493 e. The third kappa shape index (κ3) is 4.19. The number of non-ortho nitro benzene ring substituents is 1. The lowest BCUT2D eigenvalue weighted by Gasteiger charge is -2.30. The highest BCUT2D eigenvalue weighted by molar-refractivity contribution is 6.01. The number of carbonyl (C=O) groups excluding carboxylic acids is 1. The van der Waals surface area contributed by atoms with Gasteiger partial charge in [0.2, 0.25) is 0 Å². The van der Waals surface area contributed by atoms with Crippen molar-refractivity contribution in [3.8, 4) is 11.5 Å². The van der Waals surface area contributed by atoms with Crippen molar-refractivity contribution in [2.75, 3.05) is 24.9 Å². The van der Waals surface area contributed by atoms with E-state index in [4.69, 9.17) is 9.47 Å². The summed E-state index contributed by atoms with van der Waals surface area (Å²) in [5.74, 6) is 1.20. The lowest BCUT2D eigenvalue weighted by Crippen LogP contribution is -2.27. The molecular formula is C27H25N3O5. The molecule has 1 aliphatic heterocycles. The Balaban J connectivity index is 1.59. The number of hydrogen-bond acceptors (Lipinski definition) is 7. The van der Waals surface area contributed by atoms with E-state index in [9.17, 15) is 14.9 Å². The van der Waals surface area contributed by atoms with Crippen LogP contribution >= 0.6 is 0 Å². The van der Waals surface area contributed by atoms with Gasteiger partial charge in [0.05, 0.1) is 36.6 Å². The minimum Gasteiger partial charge on any atom is -0.493 e. The van der Waals surface area contributed by atoms with Crippen molar-refractivity contribution < 1.29 is 19.2 Å². The lowest BCUT2D eigenvalue weighted by atomic mass is 9.78. The molecule has 0 saturated carbocycles. The van der Waals surface area contributed by atoms with Crippen molar-refractivity contribution in [1.29, 1.82) is 0 Å². The molecule has 8 nitrogen and oxygen atoms in total. The second-order valence-corrected chi connectivity index (χ2v) is 8.64. The van der Waals surface area contributed by atoms with Crippen LogP contribution in [-0.2, 0) is 4.79 Å². The molecule has 3 aromatic rings. The molecule has 35 heavy (non-hydrogen) atoms. The van der Waals surface area contributed by atoms with Gasteiger partial charge in [-0.25, -0.2) is 0 Å². The molecule has 0 spiro atoms. The van der Waals surface area contributed by atoms with E-state index < -0.39 is 11.0 Å². The van der Waals surface area contributed by atoms with Gasteiger partial charge in [-0.15, -0.1) is 0 Å². The zero-order valence-electron chi connectivity index (χ0n) is 19.4. The molecule has 0 radical (unpaired) electrons. The predicted octanol–water partition coefficient (Wildman–Crippen LogP) is 5.59. The molecule has 2 aliphatic rings. The van der Waals surface area contributed by atoms with Gasteiger partial charge in [0.1, 0.15) is 0 Å². The SMILES string of the molecule is COc1ccc([C@H]2CC(=O)C3=C(C2)Nc2ccccc2N[C@@H]3c2cccc([N+](=O)[O-])c2)cc1OC. The summed E-state index contributed by atoms with van der Waals surface area (Å²) >= 11 is 0. The number of methoxy groups -OCH3 is 2. The van der Waals surface area contributed by atoms with Crippen LogP contribution in [0.4, 0.5) is 17.1 Å². The highest BCUT2D eigenvalue weighted by Gasteiger charge is 2.36. The number of ketones is 1. The van der Waals surface area contributed by atoms with Crippen LogP contribution in [0.2, 0.25) is 0 Å². The fourth-order valence-corrected chi connectivity index (χ4v) is 4.90.